The minimum atomic E-state index is -0.597. The molecule has 0 aliphatic heterocycles. The van der Waals surface area contributed by atoms with E-state index >= 15 is 0 Å². The zero-order valence-corrected chi connectivity index (χ0v) is 14.6. The molecule has 124 valence electrons. The predicted octanol–water partition coefficient (Wildman–Crippen LogP) is 5.36. The molecule has 0 fully saturated rings. The van der Waals surface area contributed by atoms with Crippen LogP contribution in [0, 0.1) is 16.7 Å². The van der Waals surface area contributed by atoms with Gasteiger partial charge in [-0.25, -0.2) is 0 Å². The third-order valence-corrected chi connectivity index (χ3v) is 4.14. The van der Waals surface area contributed by atoms with Crippen molar-refractivity contribution in [3.05, 3.63) is 65.7 Å². The van der Waals surface area contributed by atoms with Gasteiger partial charge in [-0.15, -0.1) is 0 Å². The van der Waals surface area contributed by atoms with Crippen molar-refractivity contribution in [2.24, 2.45) is 5.41 Å². The number of hydrogen-bond donors (Lipinski definition) is 1. The molecule has 3 heteroatoms. The van der Waals surface area contributed by atoms with Crippen molar-refractivity contribution in [1.29, 1.82) is 5.26 Å². The number of allylic oxidation sites excluding steroid dienone is 1. The van der Waals surface area contributed by atoms with E-state index < -0.39 is 5.41 Å². The monoisotopic (exact) mass is 328 g/mol. The van der Waals surface area contributed by atoms with Gasteiger partial charge in [0.05, 0.1) is 11.3 Å². The summed E-state index contributed by atoms with van der Waals surface area (Å²) in [6, 6.07) is 19.9. The Bertz CT molecular complexity index is 996. The first kappa shape index (κ1) is 16.7. The summed E-state index contributed by atoms with van der Waals surface area (Å²) in [5.41, 5.74) is 3.36. The molecule has 1 N–H and O–H groups in total. The molecule has 0 aliphatic rings. The van der Waals surface area contributed by atoms with Gasteiger partial charge in [0.2, 0.25) is 0 Å². The number of nitrogens with zero attached hydrogens (tertiary/aromatic N) is 1. The van der Waals surface area contributed by atoms with Gasteiger partial charge in [0.1, 0.15) is 6.07 Å². The van der Waals surface area contributed by atoms with E-state index in [1.54, 1.807) is 6.08 Å². The molecule has 0 saturated carbocycles. The molecule has 0 radical (unpaired) electrons. The molecule has 0 aliphatic carbocycles. The number of H-pyrrole nitrogens is 1. The van der Waals surface area contributed by atoms with Crippen molar-refractivity contribution in [2.45, 2.75) is 20.8 Å². The maximum atomic E-state index is 12.6. The Hall–Kier alpha value is -3.12. The molecule has 3 rings (SSSR count). The largest absolute Gasteiger partial charge is 0.354 e. The minimum absolute atomic E-state index is 0.153. The van der Waals surface area contributed by atoms with Crippen LogP contribution in [0.2, 0.25) is 0 Å². The zero-order chi connectivity index (χ0) is 18.0. The van der Waals surface area contributed by atoms with Crippen LogP contribution in [0.1, 0.15) is 26.3 Å². The lowest BCUT2D eigenvalue weighted by Crippen LogP contribution is -2.21. The molecular formula is C22H20N2O. The van der Waals surface area contributed by atoms with E-state index in [0.29, 0.717) is 0 Å². The second-order valence-electron chi connectivity index (χ2n) is 7.07. The van der Waals surface area contributed by atoms with Crippen molar-refractivity contribution in [1.82, 2.24) is 4.98 Å². The van der Waals surface area contributed by atoms with Gasteiger partial charge < -0.3 is 4.98 Å². The van der Waals surface area contributed by atoms with Gasteiger partial charge in [-0.2, -0.15) is 5.26 Å². The summed E-state index contributed by atoms with van der Waals surface area (Å²) in [5, 5.41) is 10.5. The van der Waals surface area contributed by atoms with Crippen LogP contribution in [0.4, 0.5) is 0 Å². The lowest BCUT2D eigenvalue weighted by Gasteiger charge is -2.15. The van der Waals surface area contributed by atoms with Crippen LogP contribution in [0.5, 0.6) is 0 Å². The van der Waals surface area contributed by atoms with Gasteiger partial charge in [0.25, 0.3) is 0 Å². The zero-order valence-electron chi connectivity index (χ0n) is 14.6. The summed E-state index contributed by atoms with van der Waals surface area (Å²) in [7, 11) is 0. The summed E-state index contributed by atoms with van der Waals surface area (Å²) in [6.45, 7) is 5.48. The van der Waals surface area contributed by atoms with Crippen LogP contribution in [-0.2, 0) is 4.79 Å². The van der Waals surface area contributed by atoms with E-state index in [4.69, 9.17) is 0 Å². The fourth-order valence-corrected chi connectivity index (χ4v) is 2.84. The Labute approximate surface area is 147 Å². The highest BCUT2D eigenvalue weighted by Gasteiger charge is 2.25. The highest BCUT2D eigenvalue weighted by Crippen LogP contribution is 2.33. The first-order valence-corrected chi connectivity index (χ1v) is 8.24. The summed E-state index contributed by atoms with van der Waals surface area (Å²) < 4.78 is 0. The van der Waals surface area contributed by atoms with Crippen LogP contribution in [0.15, 0.2) is 60.2 Å². The lowest BCUT2D eigenvalue weighted by molar-refractivity contribution is -0.121. The molecule has 1 heterocycles. The average Bonchev–Trinajstić information content (AvgIpc) is 2.97. The van der Waals surface area contributed by atoms with Gasteiger partial charge in [-0.1, -0.05) is 69.3 Å². The normalized spacial score (nSPS) is 12.2. The maximum Gasteiger partial charge on any atom is 0.178 e. The van der Waals surface area contributed by atoms with E-state index in [-0.39, 0.29) is 11.4 Å². The number of aromatic amines is 1. The van der Waals surface area contributed by atoms with E-state index in [2.05, 4.69) is 11.1 Å². The fourth-order valence-electron chi connectivity index (χ4n) is 2.84. The molecule has 0 atom stereocenters. The van der Waals surface area contributed by atoms with Crippen molar-refractivity contribution < 1.29 is 4.79 Å². The summed E-state index contributed by atoms with van der Waals surface area (Å²) in [5.74, 6) is -0.153. The number of para-hydroxylation sites is 1. The number of nitrogens with one attached hydrogen (secondary N) is 1. The number of nitriles is 1. The molecule has 0 bridgehead atoms. The summed E-state index contributed by atoms with van der Waals surface area (Å²) in [6.07, 6.45) is 1.72. The standard InChI is InChI=1S/C22H20N2O/c1-22(2,3)21(25)16(14-23)13-18-17-11-7-8-12-19(17)24-20(18)15-9-5-4-6-10-15/h4-13,24H,1-3H3. The van der Waals surface area contributed by atoms with Crippen LogP contribution in [0.25, 0.3) is 28.2 Å². The Morgan fingerprint density at radius 2 is 1.68 bits per heavy atom. The quantitative estimate of drug-likeness (QED) is 0.520. The van der Waals surface area contributed by atoms with Crippen molar-refractivity contribution in [3.8, 4) is 17.3 Å². The van der Waals surface area contributed by atoms with Gasteiger partial charge in [0, 0.05) is 21.9 Å². The first-order chi connectivity index (χ1) is 11.9. The Kier molecular flexibility index (Phi) is 4.29. The lowest BCUT2D eigenvalue weighted by atomic mass is 9.86. The van der Waals surface area contributed by atoms with Gasteiger partial charge >= 0.3 is 0 Å². The van der Waals surface area contributed by atoms with Gasteiger partial charge in [0.15, 0.2) is 5.78 Å². The predicted molar refractivity (Wildman–Crippen MR) is 102 cm³/mol. The number of Topliss-reactive ketones (excluding diaryl/α,β-unsaturated/α-hetero) is 1. The number of fused-ring (bicyclic) bond motifs is 1. The van der Waals surface area contributed by atoms with Crippen molar-refractivity contribution in [2.75, 3.05) is 0 Å². The first-order valence-electron chi connectivity index (χ1n) is 8.24. The molecule has 25 heavy (non-hydrogen) atoms. The average molecular weight is 328 g/mol. The Balaban J connectivity index is 2.26. The molecule has 2 aromatic carbocycles. The number of carbonyl (C=O) groups is 1. The number of ketones is 1. The smallest absolute Gasteiger partial charge is 0.178 e. The maximum absolute atomic E-state index is 12.6. The Morgan fingerprint density at radius 3 is 2.32 bits per heavy atom. The van der Waals surface area contributed by atoms with Crippen LogP contribution in [-0.4, -0.2) is 10.8 Å². The number of carbonyl (C=O) groups excluding carboxylic acids is 1. The van der Waals surface area contributed by atoms with Crippen molar-refractivity contribution >= 4 is 22.8 Å². The van der Waals surface area contributed by atoms with Crippen LogP contribution >= 0.6 is 0 Å². The highest BCUT2D eigenvalue weighted by atomic mass is 16.1. The SMILES string of the molecule is CC(C)(C)C(=O)C(C#N)=Cc1c(-c2ccccc2)[nH]c2ccccc12. The molecule has 0 spiro atoms. The Morgan fingerprint density at radius 1 is 1.04 bits per heavy atom. The summed E-state index contributed by atoms with van der Waals surface area (Å²) >= 11 is 0. The highest BCUT2D eigenvalue weighted by molar-refractivity contribution is 6.09. The van der Waals surface area contributed by atoms with Crippen molar-refractivity contribution in [3.63, 3.8) is 0 Å². The topological polar surface area (TPSA) is 56.6 Å². The second kappa shape index (κ2) is 6.41. The molecule has 3 nitrogen and oxygen atoms in total. The second-order valence-corrected chi connectivity index (χ2v) is 7.07. The molecule has 0 amide bonds. The number of rotatable bonds is 3. The van der Waals surface area contributed by atoms with E-state index in [1.807, 2.05) is 75.4 Å². The molecule has 1 aromatic heterocycles. The third kappa shape index (κ3) is 3.25. The van der Waals surface area contributed by atoms with Crippen LogP contribution < -0.4 is 0 Å². The van der Waals surface area contributed by atoms with Gasteiger partial charge in [-0.05, 0) is 17.7 Å². The van der Waals surface area contributed by atoms with Gasteiger partial charge in [-0.3, -0.25) is 4.79 Å². The van der Waals surface area contributed by atoms with Crippen LogP contribution in [0.3, 0.4) is 0 Å². The van der Waals surface area contributed by atoms with E-state index in [0.717, 1.165) is 27.7 Å². The summed E-state index contributed by atoms with van der Waals surface area (Å²) in [4.78, 5) is 16.0. The number of benzene rings is 2. The number of hydrogen-bond acceptors (Lipinski definition) is 2. The molecule has 0 unspecified atom stereocenters. The van der Waals surface area contributed by atoms with E-state index in [1.165, 1.54) is 0 Å². The third-order valence-electron chi connectivity index (χ3n) is 4.14. The molecule has 3 aromatic rings. The number of aromatic nitrogens is 1. The van der Waals surface area contributed by atoms with E-state index in [9.17, 15) is 10.1 Å². The minimum Gasteiger partial charge on any atom is -0.354 e. The molecule has 0 saturated heterocycles. The fraction of sp³-hybridized carbons (Fsp3) is 0.182. The molecular weight excluding hydrogens is 308 g/mol.